The summed E-state index contributed by atoms with van der Waals surface area (Å²) in [7, 11) is -3.81. The minimum absolute atomic E-state index is 0. The highest BCUT2D eigenvalue weighted by molar-refractivity contribution is 7.89. The number of hydrogen-bond donors (Lipinski definition) is 3. The van der Waals surface area contributed by atoms with Gasteiger partial charge in [0.05, 0.1) is 9.82 Å². The molecule has 0 bridgehead atoms. The lowest BCUT2D eigenvalue weighted by atomic mass is 10.0. The van der Waals surface area contributed by atoms with E-state index >= 15 is 0 Å². The highest BCUT2D eigenvalue weighted by Gasteiger charge is 2.27. The molecule has 1 fully saturated rings. The fraction of sp³-hybridized carbons (Fsp3) is 0.533. The van der Waals surface area contributed by atoms with E-state index in [0.29, 0.717) is 6.54 Å². The molecule has 4 N–H and O–H groups in total. The molecule has 2 rings (SSSR count). The minimum atomic E-state index is -3.81. The molecule has 1 aromatic carbocycles. The molecule has 0 aromatic heterocycles. The topological polar surface area (TPSA) is 144 Å². The molecule has 1 saturated carbocycles. The summed E-state index contributed by atoms with van der Waals surface area (Å²) < 4.78 is 26.5. The van der Waals surface area contributed by atoms with E-state index < -0.39 is 14.9 Å². The van der Waals surface area contributed by atoms with Gasteiger partial charge in [-0.25, -0.2) is 13.1 Å². The predicted octanol–water partition coefficient (Wildman–Crippen LogP) is 0.929. The van der Waals surface area contributed by atoms with Crippen molar-refractivity contribution in [2.45, 2.75) is 36.6 Å². The zero-order valence-electron chi connectivity index (χ0n) is 14.1. The van der Waals surface area contributed by atoms with E-state index in [2.05, 4.69) is 10.0 Å². The van der Waals surface area contributed by atoms with Crippen LogP contribution in [0.4, 0.5) is 5.69 Å². The van der Waals surface area contributed by atoms with Crippen molar-refractivity contribution in [2.75, 3.05) is 13.1 Å². The molecule has 0 radical (unpaired) electrons. The third kappa shape index (κ3) is 5.90. The van der Waals surface area contributed by atoms with Crippen LogP contribution in [0.25, 0.3) is 0 Å². The summed E-state index contributed by atoms with van der Waals surface area (Å²) in [6.45, 7) is 0.475. The van der Waals surface area contributed by atoms with Crippen LogP contribution < -0.4 is 15.8 Å². The molecule has 11 heteroatoms. The normalized spacial score (nSPS) is 19.6. The van der Waals surface area contributed by atoms with Gasteiger partial charge in [-0.05, 0) is 37.4 Å². The number of nitrogens with zero attached hydrogens (tertiary/aromatic N) is 1. The molecule has 2 unspecified atom stereocenters. The van der Waals surface area contributed by atoms with Crippen LogP contribution in [0.2, 0.25) is 0 Å². The molecule has 1 amide bonds. The minimum Gasteiger partial charge on any atom is -0.353 e. The molecular weight excluding hydrogens is 384 g/mol. The second-order valence-electron chi connectivity index (χ2n) is 6.00. The number of sulfonamides is 1. The number of hydrogen-bond acceptors (Lipinski definition) is 6. The summed E-state index contributed by atoms with van der Waals surface area (Å²) in [5.74, 6) is 0.0532. The Bertz CT molecular complexity index is 726. The Labute approximate surface area is 158 Å². The third-order valence-corrected chi connectivity index (χ3v) is 5.79. The summed E-state index contributed by atoms with van der Waals surface area (Å²) in [5.41, 5.74) is 5.48. The lowest BCUT2D eigenvalue weighted by Gasteiger charge is -2.19. The van der Waals surface area contributed by atoms with Crippen molar-refractivity contribution >= 4 is 34.0 Å². The molecule has 146 valence electrons. The third-order valence-electron chi connectivity index (χ3n) is 4.31. The van der Waals surface area contributed by atoms with Gasteiger partial charge in [0, 0.05) is 31.1 Å². The molecule has 26 heavy (non-hydrogen) atoms. The van der Waals surface area contributed by atoms with E-state index in [0.717, 1.165) is 43.5 Å². The summed E-state index contributed by atoms with van der Waals surface area (Å²) in [5, 5.41) is 13.5. The average Bonchev–Trinajstić information content (AvgIpc) is 3.01. The average molecular weight is 407 g/mol. The first-order valence-electron chi connectivity index (χ1n) is 8.07. The number of nitrogens with two attached hydrogens (primary N) is 1. The van der Waals surface area contributed by atoms with Gasteiger partial charge >= 0.3 is 0 Å². The summed E-state index contributed by atoms with van der Waals surface area (Å²) in [6.07, 6.45) is 2.93. The van der Waals surface area contributed by atoms with Crippen LogP contribution >= 0.6 is 12.4 Å². The van der Waals surface area contributed by atoms with Crippen molar-refractivity contribution in [3.8, 4) is 0 Å². The number of nitrogens with one attached hydrogen (secondary N) is 2. The van der Waals surface area contributed by atoms with Crippen molar-refractivity contribution in [2.24, 2.45) is 11.7 Å². The number of benzene rings is 1. The highest BCUT2D eigenvalue weighted by Crippen LogP contribution is 2.24. The van der Waals surface area contributed by atoms with Crippen LogP contribution in [0.15, 0.2) is 29.2 Å². The Kier molecular flexibility index (Phi) is 8.41. The van der Waals surface area contributed by atoms with Crippen LogP contribution in [0.3, 0.4) is 0 Å². The summed E-state index contributed by atoms with van der Waals surface area (Å²) in [6, 6.07) is 4.61. The van der Waals surface area contributed by atoms with Gasteiger partial charge in [0.1, 0.15) is 0 Å². The van der Waals surface area contributed by atoms with Crippen LogP contribution in [-0.2, 0) is 14.8 Å². The lowest BCUT2D eigenvalue weighted by molar-refractivity contribution is -0.384. The summed E-state index contributed by atoms with van der Waals surface area (Å²) in [4.78, 5) is 21.8. The van der Waals surface area contributed by atoms with Crippen molar-refractivity contribution in [3.05, 3.63) is 34.4 Å². The van der Waals surface area contributed by atoms with Crippen molar-refractivity contribution in [3.63, 3.8) is 0 Å². The fourth-order valence-corrected chi connectivity index (χ4v) is 3.95. The van der Waals surface area contributed by atoms with E-state index in [-0.39, 0.29) is 53.8 Å². The Morgan fingerprint density at radius 1 is 1.27 bits per heavy atom. The zero-order chi connectivity index (χ0) is 18.4. The molecule has 0 spiro atoms. The highest BCUT2D eigenvalue weighted by atomic mass is 35.5. The van der Waals surface area contributed by atoms with Crippen LogP contribution in [-0.4, -0.2) is 38.4 Å². The smallest absolute Gasteiger partial charge is 0.269 e. The van der Waals surface area contributed by atoms with Crippen LogP contribution in [0.5, 0.6) is 0 Å². The Morgan fingerprint density at radius 3 is 2.50 bits per heavy atom. The molecule has 0 heterocycles. The van der Waals surface area contributed by atoms with Crippen LogP contribution in [0, 0.1) is 16.0 Å². The number of nitro groups is 1. The van der Waals surface area contributed by atoms with Gasteiger partial charge in [0.2, 0.25) is 15.9 Å². The second kappa shape index (κ2) is 9.81. The molecule has 0 saturated heterocycles. The van der Waals surface area contributed by atoms with Gasteiger partial charge in [0.15, 0.2) is 0 Å². The Balaban J connectivity index is 0.00000338. The van der Waals surface area contributed by atoms with Gasteiger partial charge in [-0.3, -0.25) is 14.9 Å². The van der Waals surface area contributed by atoms with E-state index in [9.17, 15) is 23.3 Å². The second-order valence-corrected chi connectivity index (χ2v) is 7.77. The predicted molar refractivity (Wildman–Crippen MR) is 98.5 cm³/mol. The fourth-order valence-electron chi connectivity index (χ4n) is 2.92. The maximum absolute atomic E-state index is 12.1. The molecule has 9 nitrogen and oxygen atoms in total. The SMILES string of the molecule is Cl.NCC1CCCC1NC(=O)CCNS(=O)(=O)c1ccc([N+](=O)[O-])cc1. The first-order chi connectivity index (χ1) is 11.8. The van der Waals surface area contributed by atoms with Crippen molar-refractivity contribution in [1.29, 1.82) is 0 Å². The number of carbonyl (C=O) groups is 1. The van der Waals surface area contributed by atoms with E-state index in [1.54, 1.807) is 0 Å². The lowest BCUT2D eigenvalue weighted by Crippen LogP contribution is -2.41. The number of rotatable bonds is 8. The van der Waals surface area contributed by atoms with Gasteiger partial charge < -0.3 is 11.1 Å². The molecule has 1 aliphatic carbocycles. The summed E-state index contributed by atoms with van der Waals surface area (Å²) >= 11 is 0. The maximum atomic E-state index is 12.1. The zero-order valence-corrected chi connectivity index (χ0v) is 15.7. The van der Waals surface area contributed by atoms with Gasteiger partial charge in [-0.1, -0.05) is 6.42 Å². The van der Waals surface area contributed by atoms with Crippen molar-refractivity contribution in [1.82, 2.24) is 10.0 Å². The molecule has 2 atom stereocenters. The van der Waals surface area contributed by atoms with Gasteiger partial charge in [0.25, 0.3) is 5.69 Å². The molecule has 1 aromatic rings. The first kappa shape index (κ1) is 22.3. The number of nitro benzene ring substituents is 1. The number of carbonyl (C=O) groups excluding carboxylic acids is 1. The Morgan fingerprint density at radius 2 is 1.92 bits per heavy atom. The molecule has 1 aliphatic rings. The molecular formula is C15H23ClN4O5S. The maximum Gasteiger partial charge on any atom is 0.269 e. The standard InChI is InChI=1S/C15H22N4O5S.ClH/c16-10-11-2-1-3-14(11)18-15(20)8-9-17-25(23,24)13-6-4-12(5-7-13)19(21)22;/h4-7,11,14,17H,1-3,8-10,16H2,(H,18,20);1H. The quantitative estimate of drug-likeness (QED) is 0.432. The first-order valence-corrected chi connectivity index (χ1v) is 9.55. The Hall–Kier alpha value is -1.75. The largest absolute Gasteiger partial charge is 0.353 e. The number of halogens is 1. The van der Waals surface area contributed by atoms with E-state index in [1.165, 1.54) is 0 Å². The van der Waals surface area contributed by atoms with Gasteiger partial charge in [-0.15, -0.1) is 12.4 Å². The van der Waals surface area contributed by atoms with Crippen molar-refractivity contribution < 1.29 is 18.1 Å². The number of non-ortho nitro benzene ring substituents is 1. The molecule has 0 aliphatic heterocycles. The van der Waals surface area contributed by atoms with E-state index in [4.69, 9.17) is 5.73 Å². The monoisotopic (exact) mass is 406 g/mol. The van der Waals surface area contributed by atoms with Crippen LogP contribution in [0.1, 0.15) is 25.7 Å². The number of amides is 1. The van der Waals surface area contributed by atoms with Gasteiger partial charge in [-0.2, -0.15) is 0 Å². The van der Waals surface area contributed by atoms with E-state index in [1.807, 2.05) is 0 Å².